The van der Waals surface area contributed by atoms with Crippen LogP contribution >= 0.6 is 58.0 Å². The van der Waals surface area contributed by atoms with Gasteiger partial charge in [0, 0.05) is 84.5 Å². The van der Waals surface area contributed by atoms with Crippen LogP contribution in [-0.2, 0) is 29.0 Å². The van der Waals surface area contributed by atoms with E-state index in [2.05, 4.69) is 54.2 Å². The standard InChI is InChI=1S/C25H26Cl2N2O4Si.C19H12Cl2N2O3.C6H15ClOSi/c1-34(2,3)12-11-32-15-29-24-21(23(30)28-25(29)31)20(13-16-7-9-18(26)10-8-16)22(33-24)17-5-4-6-19(27)14-17;20-12-6-4-10(5-7-12)8-14-15-17(24)22-19(25)23-18(15)26-16(14)11-2-1-3-13(21)9-11;1-9(2,3)5-4-8-6-7/h4-10,14H,11-13,15H2,1-3H3,(H,28,30,31);1-7,9H,8H2,(H2,22,23,24,25);4-6H2,1-3H3. The van der Waals surface area contributed by atoms with E-state index in [4.69, 9.17) is 76.3 Å². The van der Waals surface area contributed by atoms with Crippen molar-refractivity contribution < 1.29 is 18.3 Å². The number of rotatable bonds is 15. The number of aromatic amines is 3. The van der Waals surface area contributed by atoms with Crippen molar-refractivity contribution >= 4 is 96.4 Å². The molecule has 8 aromatic rings. The zero-order valence-corrected chi connectivity index (χ0v) is 44.8. The largest absolute Gasteiger partial charge is 0.439 e. The Labute approximate surface area is 425 Å². The summed E-state index contributed by atoms with van der Waals surface area (Å²) in [5, 5.41) is 2.97. The van der Waals surface area contributed by atoms with E-state index in [0.29, 0.717) is 84.6 Å². The molecule has 0 amide bonds. The Hall–Kier alpha value is -4.88. The lowest BCUT2D eigenvalue weighted by atomic mass is 10.00. The fourth-order valence-corrected chi connectivity index (χ4v) is 9.30. The zero-order valence-electron chi connectivity index (χ0n) is 39.0. The molecule has 8 rings (SSSR count). The van der Waals surface area contributed by atoms with Gasteiger partial charge in [0.05, 0.1) is 0 Å². The Kier molecular flexibility index (Phi) is 18.5. The third-order valence-electron chi connectivity index (χ3n) is 10.7. The molecule has 0 spiro atoms. The molecule has 0 aliphatic heterocycles. The van der Waals surface area contributed by atoms with E-state index in [-0.39, 0.29) is 18.2 Å². The molecule has 0 saturated carbocycles. The summed E-state index contributed by atoms with van der Waals surface area (Å²) in [6.45, 7) is 15.1. The molecule has 3 N–H and O–H groups in total. The number of halogens is 5. The van der Waals surface area contributed by atoms with Crippen molar-refractivity contribution in [1.82, 2.24) is 19.5 Å². The van der Waals surface area contributed by atoms with Crippen LogP contribution in [0.2, 0.25) is 71.5 Å². The smallest absolute Gasteiger partial charge is 0.333 e. The highest BCUT2D eigenvalue weighted by molar-refractivity contribution is 6.76. The summed E-state index contributed by atoms with van der Waals surface area (Å²) >= 11 is 29.7. The average molecular weight is 1070 g/mol. The van der Waals surface area contributed by atoms with Gasteiger partial charge in [0.25, 0.3) is 11.1 Å². The molecule has 364 valence electrons. The molecule has 0 aliphatic rings. The highest BCUT2D eigenvalue weighted by Crippen LogP contribution is 2.36. The van der Waals surface area contributed by atoms with E-state index in [1.165, 1.54) is 10.6 Å². The van der Waals surface area contributed by atoms with E-state index >= 15 is 0 Å². The van der Waals surface area contributed by atoms with Gasteiger partial charge in [-0.2, -0.15) is 0 Å². The minimum atomic E-state index is -1.29. The number of benzene rings is 4. The number of H-pyrrole nitrogens is 3. The van der Waals surface area contributed by atoms with Gasteiger partial charge in [0.1, 0.15) is 35.1 Å². The zero-order chi connectivity index (χ0) is 50.0. The summed E-state index contributed by atoms with van der Waals surface area (Å²) in [6.07, 6.45) is 0.838. The molecule has 0 bridgehead atoms. The lowest BCUT2D eigenvalue weighted by Gasteiger charge is -2.15. The minimum absolute atomic E-state index is 0.0144. The number of aromatic nitrogens is 4. The van der Waals surface area contributed by atoms with Crippen LogP contribution in [0.15, 0.2) is 125 Å². The van der Waals surface area contributed by atoms with Crippen molar-refractivity contribution in [2.75, 3.05) is 19.3 Å². The van der Waals surface area contributed by atoms with Gasteiger partial charge in [-0.1, -0.05) is 146 Å². The molecule has 0 unspecified atom stereocenters. The number of nitrogens with zero attached hydrogens (tertiary/aromatic N) is 1. The SMILES string of the molecule is C[Si](C)(C)CCOCCl.C[Si](C)(C)CCOCn1c(=O)[nH]c(=O)c2c(Cc3ccc(Cl)cc3)c(-c3cccc(Cl)c3)oc21.O=c1[nH]c(=O)c2c(Cc3ccc(Cl)cc3)c(-c3cccc(Cl)c3)oc2[nH]1. The van der Waals surface area contributed by atoms with E-state index in [9.17, 15) is 19.2 Å². The maximum absolute atomic E-state index is 13.0. The molecular formula is C50H53Cl5N4O8Si2. The van der Waals surface area contributed by atoms with Gasteiger partial charge in [0.15, 0.2) is 0 Å². The molecule has 0 saturated heterocycles. The van der Waals surface area contributed by atoms with Crippen LogP contribution in [0.4, 0.5) is 0 Å². The number of alkyl halides is 1. The van der Waals surface area contributed by atoms with Crippen LogP contribution in [0, 0.1) is 0 Å². The molecule has 4 aromatic carbocycles. The number of fused-ring (bicyclic) bond motifs is 2. The van der Waals surface area contributed by atoms with E-state index in [1.807, 2.05) is 42.5 Å². The predicted molar refractivity (Wildman–Crippen MR) is 287 cm³/mol. The van der Waals surface area contributed by atoms with Crippen LogP contribution in [0.5, 0.6) is 0 Å². The first-order valence-electron chi connectivity index (χ1n) is 22.0. The lowest BCUT2D eigenvalue weighted by Crippen LogP contribution is -2.31. The Morgan fingerprint density at radius 1 is 0.565 bits per heavy atom. The second-order valence-electron chi connectivity index (χ2n) is 18.6. The van der Waals surface area contributed by atoms with Gasteiger partial charge in [-0.15, -0.1) is 0 Å². The summed E-state index contributed by atoms with van der Waals surface area (Å²) in [6, 6.07) is 31.5. The molecule has 12 nitrogen and oxygen atoms in total. The maximum atomic E-state index is 13.0. The third-order valence-corrected chi connectivity index (χ3v) is 15.2. The van der Waals surface area contributed by atoms with Crippen LogP contribution in [0.3, 0.4) is 0 Å². The van der Waals surface area contributed by atoms with Crippen molar-refractivity contribution in [3.8, 4) is 22.6 Å². The molecule has 0 fully saturated rings. The molecule has 0 radical (unpaired) electrons. The summed E-state index contributed by atoms with van der Waals surface area (Å²) in [5.41, 5.74) is 2.79. The summed E-state index contributed by atoms with van der Waals surface area (Å²) in [4.78, 5) is 56.9. The second-order valence-corrected chi connectivity index (χ2v) is 31.8. The number of hydrogen-bond donors (Lipinski definition) is 3. The molecule has 4 aromatic heterocycles. The van der Waals surface area contributed by atoms with E-state index < -0.39 is 38.6 Å². The Morgan fingerprint density at radius 3 is 1.54 bits per heavy atom. The average Bonchev–Trinajstić information content (AvgIpc) is 3.83. The van der Waals surface area contributed by atoms with Crippen LogP contribution in [-0.4, -0.2) is 54.9 Å². The van der Waals surface area contributed by atoms with Crippen molar-refractivity contribution in [2.45, 2.75) is 70.9 Å². The van der Waals surface area contributed by atoms with E-state index in [0.717, 1.165) is 29.3 Å². The minimum Gasteiger partial charge on any atom is -0.439 e. The van der Waals surface area contributed by atoms with Crippen LogP contribution in [0.25, 0.3) is 44.8 Å². The fourth-order valence-electron chi connectivity index (χ4n) is 7.05. The number of nitrogens with one attached hydrogen (secondary N) is 3. The molecule has 19 heteroatoms. The van der Waals surface area contributed by atoms with Gasteiger partial charge < -0.3 is 18.3 Å². The van der Waals surface area contributed by atoms with Crippen molar-refractivity contribution in [1.29, 1.82) is 0 Å². The first-order valence-corrected chi connectivity index (χ1v) is 31.4. The molecular weight excluding hydrogens is 1020 g/mol. The van der Waals surface area contributed by atoms with Gasteiger partial charge in [-0.05, 0) is 71.7 Å². The predicted octanol–water partition coefficient (Wildman–Crippen LogP) is 13.1. The highest BCUT2D eigenvalue weighted by Gasteiger charge is 2.24. The number of furan rings is 2. The molecule has 0 atom stereocenters. The number of hydrogen-bond acceptors (Lipinski definition) is 8. The first kappa shape index (κ1) is 53.5. The van der Waals surface area contributed by atoms with Crippen LogP contribution < -0.4 is 22.5 Å². The highest BCUT2D eigenvalue weighted by atomic mass is 35.5. The first-order chi connectivity index (χ1) is 32.7. The van der Waals surface area contributed by atoms with Crippen molar-refractivity contribution in [3.05, 3.63) is 181 Å². The lowest BCUT2D eigenvalue weighted by molar-refractivity contribution is 0.0848. The fraction of sp³-hybridized carbons (Fsp3) is 0.280. The van der Waals surface area contributed by atoms with Crippen molar-refractivity contribution in [3.63, 3.8) is 0 Å². The number of ether oxygens (including phenoxy) is 2. The summed E-state index contributed by atoms with van der Waals surface area (Å²) in [5.74, 6) is 0.976. The van der Waals surface area contributed by atoms with Crippen molar-refractivity contribution in [2.24, 2.45) is 0 Å². The Balaban J connectivity index is 0.000000197. The monoisotopic (exact) mass is 1070 g/mol. The van der Waals surface area contributed by atoms with Crippen LogP contribution in [0.1, 0.15) is 22.3 Å². The second kappa shape index (κ2) is 23.8. The third kappa shape index (κ3) is 15.1. The Morgan fingerprint density at radius 2 is 1.04 bits per heavy atom. The quantitative estimate of drug-likeness (QED) is 0.0518. The van der Waals surface area contributed by atoms with Gasteiger partial charge >= 0.3 is 11.4 Å². The summed E-state index contributed by atoms with van der Waals surface area (Å²) < 4.78 is 24.2. The normalized spacial score (nSPS) is 11.6. The van der Waals surface area contributed by atoms with E-state index in [1.54, 1.807) is 54.6 Å². The van der Waals surface area contributed by atoms with Gasteiger partial charge in [-0.25, -0.2) is 14.2 Å². The van der Waals surface area contributed by atoms with Gasteiger partial charge in [0.2, 0.25) is 11.4 Å². The maximum Gasteiger partial charge on any atom is 0.333 e. The summed E-state index contributed by atoms with van der Waals surface area (Å²) in [7, 11) is -2.17. The molecule has 4 heterocycles. The molecule has 0 aliphatic carbocycles. The van der Waals surface area contributed by atoms with Gasteiger partial charge in [-0.3, -0.25) is 24.5 Å². The topological polar surface area (TPSA) is 165 Å². The molecule has 69 heavy (non-hydrogen) atoms. The Bertz CT molecular complexity index is 3260.